The summed E-state index contributed by atoms with van der Waals surface area (Å²) in [7, 11) is 13.3. The molecule has 0 heterocycles. The zero-order valence-electron chi connectivity index (χ0n) is 32.8. The van der Waals surface area contributed by atoms with Crippen molar-refractivity contribution >= 4 is 57.8 Å². The van der Waals surface area contributed by atoms with Gasteiger partial charge in [-0.25, -0.2) is 0 Å². The molecule has 0 aliphatic rings. The van der Waals surface area contributed by atoms with Gasteiger partial charge in [-0.15, -0.1) is 0 Å². The molecule has 0 N–H and O–H groups in total. The van der Waals surface area contributed by atoms with Crippen LogP contribution < -0.4 is 8.79 Å². The SMILES string of the molecule is Cc1cc(C)c(-c2cccc(-c3c(C)cc(C)cc3C)[c]2[Ge][Cl])c(C)c1.Cc1cc(C)c(-c2cccc(-c3c(C)cc(C)cc3C)[c]2[Ge][Cl])c(C)c1. The fourth-order valence-corrected chi connectivity index (χ4v) is 13.3. The van der Waals surface area contributed by atoms with Crippen molar-refractivity contribution in [1.82, 2.24) is 0 Å². The Labute approximate surface area is 334 Å². The molecule has 0 spiro atoms. The van der Waals surface area contributed by atoms with Crippen LogP contribution in [0.15, 0.2) is 84.9 Å². The fourth-order valence-electron chi connectivity index (χ4n) is 8.56. The van der Waals surface area contributed by atoms with Gasteiger partial charge in [-0.3, -0.25) is 0 Å². The topological polar surface area (TPSA) is 0 Å². The van der Waals surface area contributed by atoms with Crippen molar-refractivity contribution in [1.29, 1.82) is 0 Å². The first-order chi connectivity index (χ1) is 24.7. The minimum atomic E-state index is -0.728. The summed E-state index contributed by atoms with van der Waals surface area (Å²) in [4.78, 5) is 0. The molecule has 4 radical (unpaired) electrons. The molecule has 6 rings (SSSR count). The van der Waals surface area contributed by atoms with Crippen LogP contribution in [0.5, 0.6) is 0 Å². The summed E-state index contributed by atoms with van der Waals surface area (Å²) < 4.78 is 2.69. The van der Waals surface area contributed by atoms with E-state index in [0.717, 1.165) is 0 Å². The molecule has 0 aliphatic carbocycles. The molecule has 0 saturated heterocycles. The van der Waals surface area contributed by atoms with Gasteiger partial charge in [0.1, 0.15) is 0 Å². The molecule has 0 bridgehead atoms. The molecule has 264 valence electrons. The average Bonchev–Trinajstić information content (AvgIpc) is 3.03. The number of halogens is 2. The van der Waals surface area contributed by atoms with Crippen LogP contribution in [0.1, 0.15) is 66.8 Å². The van der Waals surface area contributed by atoms with Crippen LogP contribution in [0, 0.1) is 83.1 Å². The minimum absolute atomic E-state index is 0.728. The van der Waals surface area contributed by atoms with E-state index < -0.39 is 29.0 Å². The van der Waals surface area contributed by atoms with Gasteiger partial charge < -0.3 is 0 Å². The molecular formula is C48H50Cl2Ge2. The predicted octanol–water partition coefficient (Wildman–Crippen LogP) is 12.7. The Balaban J connectivity index is 0.000000201. The van der Waals surface area contributed by atoms with Crippen molar-refractivity contribution in [2.75, 3.05) is 0 Å². The van der Waals surface area contributed by atoms with E-state index in [9.17, 15) is 0 Å². The van der Waals surface area contributed by atoms with E-state index in [-0.39, 0.29) is 0 Å². The maximum atomic E-state index is 6.63. The summed E-state index contributed by atoms with van der Waals surface area (Å²) in [6, 6.07) is 31.5. The molecule has 0 amide bonds. The van der Waals surface area contributed by atoms with Crippen molar-refractivity contribution in [3.8, 4) is 44.5 Å². The van der Waals surface area contributed by atoms with Gasteiger partial charge in [0.25, 0.3) is 0 Å². The molecule has 0 nitrogen and oxygen atoms in total. The zero-order valence-corrected chi connectivity index (χ0v) is 38.5. The average molecular weight is 843 g/mol. The van der Waals surface area contributed by atoms with Gasteiger partial charge in [0.15, 0.2) is 0 Å². The summed E-state index contributed by atoms with van der Waals surface area (Å²) in [6.45, 7) is 26.3. The van der Waals surface area contributed by atoms with E-state index in [1.54, 1.807) is 0 Å². The van der Waals surface area contributed by atoms with E-state index in [1.807, 2.05) is 0 Å². The molecular weight excluding hydrogens is 793 g/mol. The van der Waals surface area contributed by atoms with E-state index in [2.05, 4.69) is 168 Å². The number of aryl methyl sites for hydroxylation is 12. The number of hydrogen-bond donors (Lipinski definition) is 0. The molecule has 0 fully saturated rings. The van der Waals surface area contributed by atoms with Crippen LogP contribution in [-0.4, -0.2) is 29.0 Å². The van der Waals surface area contributed by atoms with Crippen molar-refractivity contribution in [2.45, 2.75) is 83.1 Å². The van der Waals surface area contributed by atoms with Gasteiger partial charge in [-0.05, 0) is 0 Å². The van der Waals surface area contributed by atoms with Crippen LogP contribution in [0.4, 0.5) is 0 Å². The van der Waals surface area contributed by atoms with Crippen LogP contribution >= 0.6 is 20.0 Å². The first-order valence-corrected chi connectivity index (χ1v) is 25.6. The Kier molecular flexibility index (Phi) is 13.1. The predicted molar refractivity (Wildman–Crippen MR) is 234 cm³/mol. The summed E-state index contributed by atoms with van der Waals surface area (Å²) in [5.74, 6) is 0. The Morgan fingerprint density at radius 2 is 0.481 bits per heavy atom. The second kappa shape index (κ2) is 17.0. The normalized spacial score (nSPS) is 11.0. The van der Waals surface area contributed by atoms with Gasteiger partial charge in [0.2, 0.25) is 0 Å². The summed E-state index contributed by atoms with van der Waals surface area (Å²) in [5.41, 5.74) is 26.5. The molecule has 0 aliphatic heterocycles. The zero-order chi connectivity index (χ0) is 38.0. The van der Waals surface area contributed by atoms with Crippen LogP contribution in [0.2, 0.25) is 0 Å². The summed E-state index contributed by atoms with van der Waals surface area (Å²) >= 11 is -1.46. The first-order valence-electron chi connectivity index (χ1n) is 18.0. The third-order valence-corrected chi connectivity index (χ3v) is 15.1. The third-order valence-electron chi connectivity index (χ3n) is 10.1. The quantitative estimate of drug-likeness (QED) is 0.147. The molecule has 6 aromatic carbocycles. The Morgan fingerprint density at radius 3 is 0.635 bits per heavy atom. The first kappa shape index (κ1) is 40.2. The van der Waals surface area contributed by atoms with E-state index in [0.29, 0.717) is 0 Å². The van der Waals surface area contributed by atoms with Gasteiger partial charge in [-0.1, -0.05) is 0 Å². The number of hydrogen-bond acceptors (Lipinski definition) is 0. The summed E-state index contributed by atoms with van der Waals surface area (Å²) in [6.07, 6.45) is 0. The fraction of sp³-hybridized carbons (Fsp3) is 0.250. The van der Waals surface area contributed by atoms with Crippen LogP contribution in [0.25, 0.3) is 44.5 Å². The van der Waals surface area contributed by atoms with Crippen molar-refractivity contribution in [2.24, 2.45) is 0 Å². The van der Waals surface area contributed by atoms with Gasteiger partial charge >= 0.3 is 337 Å². The van der Waals surface area contributed by atoms with Crippen LogP contribution in [0.3, 0.4) is 0 Å². The van der Waals surface area contributed by atoms with E-state index >= 15 is 0 Å². The monoisotopic (exact) mass is 844 g/mol. The number of benzene rings is 6. The van der Waals surface area contributed by atoms with Crippen molar-refractivity contribution in [3.63, 3.8) is 0 Å². The Morgan fingerprint density at radius 1 is 0.308 bits per heavy atom. The molecule has 52 heavy (non-hydrogen) atoms. The van der Waals surface area contributed by atoms with Gasteiger partial charge in [0, 0.05) is 0 Å². The second-order valence-corrected chi connectivity index (χ2v) is 19.6. The Hall–Kier alpha value is -3.01. The maximum absolute atomic E-state index is 6.63. The van der Waals surface area contributed by atoms with Gasteiger partial charge in [-0.2, -0.15) is 0 Å². The molecule has 0 unspecified atom stereocenters. The molecule has 4 heteroatoms. The van der Waals surface area contributed by atoms with Crippen molar-refractivity contribution in [3.05, 3.63) is 152 Å². The van der Waals surface area contributed by atoms with E-state index in [4.69, 9.17) is 20.0 Å². The van der Waals surface area contributed by atoms with Gasteiger partial charge in [0.05, 0.1) is 0 Å². The molecule has 0 saturated carbocycles. The molecule has 6 aromatic rings. The third kappa shape index (κ3) is 8.37. The molecule has 0 atom stereocenters. The number of rotatable bonds is 6. The summed E-state index contributed by atoms with van der Waals surface area (Å²) in [5, 5.41) is 0. The standard InChI is InChI=1S/2C24H25ClGe/c2*1-14-10-16(3)22(17(4)11-14)20-8-7-9-21(24(20)26-25)23-18(5)12-15(2)13-19(23)6/h2*7-13H,1-6H3. The van der Waals surface area contributed by atoms with E-state index in [1.165, 1.54) is 120 Å². The molecule has 0 aromatic heterocycles. The van der Waals surface area contributed by atoms with Crippen molar-refractivity contribution < 1.29 is 0 Å². The second-order valence-electron chi connectivity index (χ2n) is 14.7. The Bertz CT molecular complexity index is 1890. The van der Waals surface area contributed by atoms with Crippen LogP contribution in [-0.2, 0) is 0 Å².